The lowest BCUT2D eigenvalue weighted by Gasteiger charge is -2.28. The van der Waals surface area contributed by atoms with Crippen LogP contribution in [-0.2, 0) is 0 Å². The number of nitrogens with zero attached hydrogens (tertiary/aromatic N) is 1. The lowest BCUT2D eigenvalue weighted by molar-refractivity contribution is 0.0655. The molecule has 1 aliphatic heterocycles. The second-order valence-electron chi connectivity index (χ2n) is 5.25. The Morgan fingerprint density at radius 1 is 1.56 bits per heavy atom. The molecule has 4 heteroatoms. The van der Waals surface area contributed by atoms with E-state index in [4.69, 9.17) is 4.42 Å². The van der Waals surface area contributed by atoms with Gasteiger partial charge in [0, 0.05) is 18.6 Å². The summed E-state index contributed by atoms with van der Waals surface area (Å²) in [6.07, 6.45) is 2.35. The number of nitrogens with one attached hydrogen (secondary N) is 1. The quantitative estimate of drug-likeness (QED) is 0.891. The van der Waals surface area contributed by atoms with Crippen LogP contribution in [0, 0.1) is 6.92 Å². The molecule has 18 heavy (non-hydrogen) atoms. The summed E-state index contributed by atoms with van der Waals surface area (Å²) >= 11 is 0. The third kappa shape index (κ3) is 2.93. The van der Waals surface area contributed by atoms with E-state index in [1.165, 1.54) is 6.42 Å². The summed E-state index contributed by atoms with van der Waals surface area (Å²) in [6, 6.07) is 4.20. The molecule has 1 aromatic heterocycles. The van der Waals surface area contributed by atoms with Gasteiger partial charge in [0.2, 0.25) is 0 Å². The van der Waals surface area contributed by atoms with Gasteiger partial charge >= 0.3 is 0 Å². The van der Waals surface area contributed by atoms with E-state index in [1.54, 1.807) is 6.07 Å². The minimum absolute atomic E-state index is 0.00759. The molecule has 1 atom stereocenters. The van der Waals surface area contributed by atoms with Crippen molar-refractivity contribution in [1.82, 2.24) is 10.2 Å². The predicted octanol–water partition coefficient (Wildman–Crippen LogP) is 2.19. The first-order chi connectivity index (χ1) is 8.58. The molecule has 1 aliphatic rings. The van der Waals surface area contributed by atoms with Gasteiger partial charge in [-0.25, -0.2) is 0 Å². The van der Waals surface area contributed by atoms with E-state index in [9.17, 15) is 4.79 Å². The second kappa shape index (κ2) is 5.57. The first-order valence-corrected chi connectivity index (χ1v) is 6.68. The lowest BCUT2D eigenvalue weighted by atomic mass is 10.2. The van der Waals surface area contributed by atoms with Crippen molar-refractivity contribution in [3.63, 3.8) is 0 Å². The third-order valence-electron chi connectivity index (χ3n) is 3.41. The molecule has 0 radical (unpaired) electrons. The van der Waals surface area contributed by atoms with Crippen molar-refractivity contribution in [3.05, 3.63) is 23.7 Å². The van der Waals surface area contributed by atoms with Gasteiger partial charge in [0.15, 0.2) is 5.76 Å². The maximum Gasteiger partial charge on any atom is 0.289 e. The first-order valence-electron chi connectivity index (χ1n) is 6.68. The number of hydrogen-bond acceptors (Lipinski definition) is 3. The summed E-state index contributed by atoms with van der Waals surface area (Å²) in [6.45, 7) is 7.77. The van der Waals surface area contributed by atoms with Crippen LogP contribution in [-0.4, -0.2) is 36.0 Å². The van der Waals surface area contributed by atoms with Crippen molar-refractivity contribution in [2.45, 2.75) is 45.7 Å². The smallest absolute Gasteiger partial charge is 0.289 e. The van der Waals surface area contributed by atoms with Gasteiger partial charge in [-0.2, -0.15) is 0 Å². The van der Waals surface area contributed by atoms with Crippen LogP contribution < -0.4 is 5.32 Å². The molecular weight excluding hydrogens is 228 g/mol. The average molecular weight is 250 g/mol. The Balaban J connectivity index is 2.06. The van der Waals surface area contributed by atoms with Gasteiger partial charge in [-0.3, -0.25) is 4.79 Å². The van der Waals surface area contributed by atoms with E-state index < -0.39 is 0 Å². The molecule has 1 unspecified atom stereocenters. The molecule has 0 aliphatic carbocycles. The highest BCUT2D eigenvalue weighted by Gasteiger charge is 2.25. The number of rotatable bonds is 4. The van der Waals surface area contributed by atoms with Gasteiger partial charge < -0.3 is 14.6 Å². The van der Waals surface area contributed by atoms with Crippen molar-refractivity contribution in [2.24, 2.45) is 0 Å². The van der Waals surface area contributed by atoms with Crippen LogP contribution in [0.1, 0.15) is 43.0 Å². The fourth-order valence-electron chi connectivity index (χ4n) is 2.37. The van der Waals surface area contributed by atoms with E-state index in [1.807, 2.05) is 31.7 Å². The van der Waals surface area contributed by atoms with Crippen molar-refractivity contribution in [1.29, 1.82) is 0 Å². The van der Waals surface area contributed by atoms with E-state index in [2.05, 4.69) is 5.32 Å². The molecule has 1 aromatic rings. The molecule has 1 saturated heterocycles. The standard InChI is InChI=1S/C14H22N2O2/c1-10(2)16(9-12-5-4-8-15-12)14(17)13-7-6-11(3)18-13/h6-7,10,12,15H,4-5,8-9H2,1-3H3. The SMILES string of the molecule is Cc1ccc(C(=O)N(CC2CCCN2)C(C)C)o1. The highest BCUT2D eigenvalue weighted by Crippen LogP contribution is 2.15. The van der Waals surface area contributed by atoms with E-state index in [-0.39, 0.29) is 11.9 Å². The number of amides is 1. The molecule has 0 spiro atoms. The van der Waals surface area contributed by atoms with Crippen LogP contribution in [0.25, 0.3) is 0 Å². The molecule has 0 aromatic carbocycles. The Kier molecular flexibility index (Phi) is 4.07. The maximum atomic E-state index is 12.4. The van der Waals surface area contributed by atoms with Crippen LogP contribution in [0.3, 0.4) is 0 Å². The van der Waals surface area contributed by atoms with E-state index >= 15 is 0 Å². The Morgan fingerprint density at radius 3 is 2.83 bits per heavy atom. The van der Waals surface area contributed by atoms with Gasteiger partial charge in [-0.15, -0.1) is 0 Å². The molecule has 0 saturated carbocycles. The second-order valence-corrected chi connectivity index (χ2v) is 5.25. The van der Waals surface area contributed by atoms with Gasteiger partial charge in [0.1, 0.15) is 5.76 Å². The summed E-state index contributed by atoms with van der Waals surface area (Å²) in [5.74, 6) is 1.21. The van der Waals surface area contributed by atoms with Gasteiger partial charge in [0.05, 0.1) is 0 Å². The van der Waals surface area contributed by atoms with Crippen molar-refractivity contribution >= 4 is 5.91 Å². The molecule has 4 nitrogen and oxygen atoms in total. The largest absolute Gasteiger partial charge is 0.456 e. The van der Waals surface area contributed by atoms with E-state index in [0.29, 0.717) is 11.8 Å². The van der Waals surface area contributed by atoms with Gasteiger partial charge in [0.25, 0.3) is 5.91 Å². The van der Waals surface area contributed by atoms with Crippen LogP contribution in [0.4, 0.5) is 0 Å². The van der Waals surface area contributed by atoms with Crippen molar-refractivity contribution in [3.8, 4) is 0 Å². The van der Waals surface area contributed by atoms with E-state index in [0.717, 1.165) is 25.3 Å². The lowest BCUT2D eigenvalue weighted by Crippen LogP contribution is -2.44. The maximum absolute atomic E-state index is 12.4. The Labute approximate surface area is 108 Å². The average Bonchev–Trinajstić information content (AvgIpc) is 2.95. The van der Waals surface area contributed by atoms with Crippen LogP contribution in [0.15, 0.2) is 16.5 Å². The molecule has 2 heterocycles. The normalized spacial score (nSPS) is 19.4. The summed E-state index contributed by atoms with van der Waals surface area (Å²) in [5, 5.41) is 3.43. The molecule has 0 bridgehead atoms. The third-order valence-corrected chi connectivity index (χ3v) is 3.41. The minimum Gasteiger partial charge on any atom is -0.456 e. The zero-order valence-electron chi connectivity index (χ0n) is 11.4. The number of carbonyl (C=O) groups is 1. The number of furan rings is 1. The summed E-state index contributed by atoms with van der Waals surface area (Å²) in [7, 11) is 0. The van der Waals surface area contributed by atoms with Crippen molar-refractivity contribution in [2.75, 3.05) is 13.1 Å². The van der Waals surface area contributed by atoms with Crippen LogP contribution in [0.5, 0.6) is 0 Å². The fraction of sp³-hybridized carbons (Fsp3) is 0.643. The number of hydrogen-bond donors (Lipinski definition) is 1. The molecule has 1 amide bonds. The molecule has 100 valence electrons. The summed E-state index contributed by atoms with van der Waals surface area (Å²) < 4.78 is 5.43. The Hall–Kier alpha value is -1.29. The highest BCUT2D eigenvalue weighted by molar-refractivity contribution is 5.91. The summed E-state index contributed by atoms with van der Waals surface area (Å²) in [5.41, 5.74) is 0. The minimum atomic E-state index is -0.00759. The number of carbonyl (C=O) groups excluding carboxylic acids is 1. The first kappa shape index (κ1) is 13.1. The fourth-order valence-corrected chi connectivity index (χ4v) is 2.37. The monoisotopic (exact) mass is 250 g/mol. The van der Waals surface area contributed by atoms with Crippen molar-refractivity contribution < 1.29 is 9.21 Å². The molecular formula is C14H22N2O2. The Morgan fingerprint density at radius 2 is 2.33 bits per heavy atom. The zero-order chi connectivity index (χ0) is 13.1. The topological polar surface area (TPSA) is 45.5 Å². The van der Waals surface area contributed by atoms with Gasteiger partial charge in [-0.05, 0) is 52.3 Å². The Bertz CT molecular complexity index is 406. The molecule has 1 fully saturated rings. The highest BCUT2D eigenvalue weighted by atomic mass is 16.3. The van der Waals surface area contributed by atoms with Gasteiger partial charge in [-0.1, -0.05) is 0 Å². The van der Waals surface area contributed by atoms with Crippen LogP contribution >= 0.6 is 0 Å². The summed E-state index contributed by atoms with van der Waals surface area (Å²) in [4.78, 5) is 14.3. The molecule has 2 rings (SSSR count). The zero-order valence-corrected chi connectivity index (χ0v) is 11.4. The molecule has 1 N–H and O–H groups in total. The number of aryl methyl sites for hydroxylation is 1. The van der Waals surface area contributed by atoms with Crippen LogP contribution in [0.2, 0.25) is 0 Å². The predicted molar refractivity (Wildman–Crippen MR) is 70.6 cm³/mol.